The van der Waals surface area contributed by atoms with Gasteiger partial charge in [-0.2, -0.15) is 0 Å². The van der Waals surface area contributed by atoms with Crippen molar-refractivity contribution in [2.45, 2.75) is 38.3 Å². The van der Waals surface area contributed by atoms with Gasteiger partial charge >= 0.3 is 0 Å². The fourth-order valence-electron chi connectivity index (χ4n) is 2.91. The molecule has 92 valence electrons. The van der Waals surface area contributed by atoms with Crippen LogP contribution < -0.4 is 10.2 Å². The second-order valence-corrected chi connectivity index (χ2v) is 5.72. The van der Waals surface area contributed by atoms with Gasteiger partial charge in [-0.1, -0.05) is 25.1 Å². The van der Waals surface area contributed by atoms with E-state index >= 15 is 0 Å². The topological polar surface area (TPSA) is 15.3 Å². The molecule has 2 aliphatic rings. The van der Waals surface area contributed by atoms with E-state index in [0.717, 1.165) is 12.0 Å². The number of para-hydroxylation sites is 1. The van der Waals surface area contributed by atoms with Gasteiger partial charge in [0, 0.05) is 30.9 Å². The van der Waals surface area contributed by atoms with E-state index in [0.29, 0.717) is 6.04 Å². The van der Waals surface area contributed by atoms with Crippen molar-refractivity contribution < 1.29 is 0 Å². The quantitative estimate of drug-likeness (QED) is 0.859. The lowest BCUT2D eigenvalue weighted by Crippen LogP contribution is -2.49. The summed E-state index contributed by atoms with van der Waals surface area (Å²) in [5.74, 6) is 0.792. The Morgan fingerprint density at radius 1 is 1.06 bits per heavy atom. The van der Waals surface area contributed by atoms with Gasteiger partial charge in [-0.05, 0) is 37.3 Å². The Morgan fingerprint density at radius 3 is 2.53 bits per heavy atom. The predicted molar refractivity (Wildman–Crippen MR) is 72.4 cm³/mol. The standard InChI is InChI=1S/C15H22N2/c1-12-9-14(16-13-7-8-13)11-17(10-12)15-5-3-2-4-6-15/h2-6,12-14,16H,7-11H2,1H3. The molecule has 2 fully saturated rings. The minimum atomic E-state index is 0.687. The summed E-state index contributed by atoms with van der Waals surface area (Å²) in [5.41, 5.74) is 1.38. The Balaban J connectivity index is 1.67. The molecule has 0 radical (unpaired) electrons. The maximum Gasteiger partial charge on any atom is 0.0366 e. The zero-order valence-electron chi connectivity index (χ0n) is 10.6. The fourth-order valence-corrected chi connectivity index (χ4v) is 2.91. The van der Waals surface area contributed by atoms with Crippen LogP contribution in [-0.2, 0) is 0 Å². The zero-order valence-corrected chi connectivity index (χ0v) is 10.6. The molecule has 2 atom stereocenters. The first-order chi connectivity index (χ1) is 8.31. The molecule has 2 unspecified atom stereocenters. The molecule has 2 heteroatoms. The minimum absolute atomic E-state index is 0.687. The number of benzene rings is 1. The van der Waals surface area contributed by atoms with Crippen molar-refractivity contribution in [3.05, 3.63) is 30.3 Å². The van der Waals surface area contributed by atoms with Gasteiger partial charge in [0.2, 0.25) is 0 Å². The summed E-state index contributed by atoms with van der Waals surface area (Å²) in [4.78, 5) is 2.54. The van der Waals surface area contributed by atoms with E-state index in [2.05, 4.69) is 47.5 Å². The van der Waals surface area contributed by atoms with E-state index in [1.165, 1.54) is 38.0 Å². The Hall–Kier alpha value is -1.02. The van der Waals surface area contributed by atoms with Crippen LogP contribution in [0.4, 0.5) is 5.69 Å². The number of rotatable bonds is 3. The minimum Gasteiger partial charge on any atom is -0.370 e. The molecule has 2 nitrogen and oxygen atoms in total. The summed E-state index contributed by atoms with van der Waals surface area (Å²) in [5, 5.41) is 3.78. The van der Waals surface area contributed by atoms with Crippen LogP contribution in [0.15, 0.2) is 30.3 Å². The first-order valence-corrected chi connectivity index (χ1v) is 6.87. The maximum atomic E-state index is 3.78. The highest BCUT2D eigenvalue weighted by Gasteiger charge is 2.30. The van der Waals surface area contributed by atoms with Gasteiger partial charge in [0.15, 0.2) is 0 Å². The molecule has 1 N–H and O–H groups in total. The first kappa shape index (κ1) is 11.1. The highest BCUT2D eigenvalue weighted by atomic mass is 15.2. The van der Waals surface area contributed by atoms with Crippen LogP contribution in [0.3, 0.4) is 0 Å². The molecule has 0 spiro atoms. The van der Waals surface area contributed by atoms with Gasteiger partial charge < -0.3 is 10.2 Å². The molecule has 1 aromatic carbocycles. The molecule has 0 bridgehead atoms. The number of hydrogen-bond donors (Lipinski definition) is 1. The van der Waals surface area contributed by atoms with Crippen LogP contribution in [0.25, 0.3) is 0 Å². The van der Waals surface area contributed by atoms with Crippen LogP contribution in [0.1, 0.15) is 26.2 Å². The Morgan fingerprint density at radius 2 is 1.82 bits per heavy atom. The molecule has 1 saturated carbocycles. The van der Waals surface area contributed by atoms with Crippen LogP contribution in [0.2, 0.25) is 0 Å². The van der Waals surface area contributed by atoms with E-state index in [9.17, 15) is 0 Å². The molecule has 17 heavy (non-hydrogen) atoms. The van der Waals surface area contributed by atoms with Crippen molar-refractivity contribution in [1.29, 1.82) is 0 Å². The number of nitrogens with zero attached hydrogens (tertiary/aromatic N) is 1. The van der Waals surface area contributed by atoms with E-state index < -0.39 is 0 Å². The summed E-state index contributed by atoms with van der Waals surface area (Å²) in [6.07, 6.45) is 4.10. The van der Waals surface area contributed by atoms with Gasteiger partial charge in [0.05, 0.1) is 0 Å². The number of piperidine rings is 1. The summed E-state index contributed by atoms with van der Waals surface area (Å²) in [6, 6.07) is 12.3. The van der Waals surface area contributed by atoms with Gasteiger partial charge in [-0.25, -0.2) is 0 Å². The van der Waals surface area contributed by atoms with Crippen molar-refractivity contribution in [3.8, 4) is 0 Å². The highest BCUT2D eigenvalue weighted by molar-refractivity contribution is 5.46. The van der Waals surface area contributed by atoms with E-state index in [-0.39, 0.29) is 0 Å². The molecule has 1 aromatic rings. The van der Waals surface area contributed by atoms with Gasteiger partial charge in [-0.3, -0.25) is 0 Å². The van der Waals surface area contributed by atoms with Crippen LogP contribution in [0.5, 0.6) is 0 Å². The number of anilines is 1. The SMILES string of the molecule is CC1CC(NC2CC2)CN(c2ccccc2)C1. The average molecular weight is 230 g/mol. The lowest BCUT2D eigenvalue weighted by atomic mass is 9.95. The summed E-state index contributed by atoms with van der Waals surface area (Å²) < 4.78 is 0. The van der Waals surface area contributed by atoms with Crippen molar-refractivity contribution in [2.75, 3.05) is 18.0 Å². The summed E-state index contributed by atoms with van der Waals surface area (Å²) in [7, 11) is 0. The third-order valence-electron chi connectivity index (χ3n) is 3.83. The van der Waals surface area contributed by atoms with Crippen molar-refractivity contribution in [3.63, 3.8) is 0 Å². The maximum absolute atomic E-state index is 3.78. The van der Waals surface area contributed by atoms with Crippen LogP contribution in [-0.4, -0.2) is 25.2 Å². The van der Waals surface area contributed by atoms with Crippen LogP contribution >= 0.6 is 0 Å². The largest absolute Gasteiger partial charge is 0.370 e. The fraction of sp³-hybridized carbons (Fsp3) is 0.600. The number of hydrogen-bond acceptors (Lipinski definition) is 2. The Labute approximate surface area is 104 Å². The third kappa shape index (κ3) is 2.81. The van der Waals surface area contributed by atoms with E-state index in [1.54, 1.807) is 0 Å². The second kappa shape index (κ2) is 4.69. The first-order valence-electron chi connectivity index (χ1n) is 6.87. The molecule has 0 amide bonds. The normalized spacial score (nSPS) is 29.4. The molecule has 1 saturated heterocycles. The highest BCUT2D eigenvalue weighted by Crippen LogP contribution is 2.26. The van der Waals surface area contributed by atoms with E-state index in [1.807, 2.05) is 0 Å². The average Bonchev–Trinajstić information content (AvgIpc) is 3.13. The second-order valence-electron chi connectivity index (χ2n) is 5.72. The van der Waals surface area contributed by atoms with Gasteiger partial charge in [0.25, 0.3) is 0 Å². The number of nitrogens with one attached hydrogen (secondary N) is 1. The predicted octanol–water partition coefficient (Wildman–Crippen LogP) is 2.65. The van der Waals surface area contributed by atoms with E-state index in [4.69, 9.17) is 0 Å². The molecule has 0 aromatic heterocycles. The third-order valence-corrected chi connectivity index (χ3v) is 3.83. The van der Waals surface area contributed by atoms with Gasteiger partial charge in [0.1, 0.15) is 0 Å². The van der Waals surface area contributed by atoms with Crippen molar-refractivity contribution in [2.24, 2.45) is 5.92 Å². The molecular formula is C15H22N2. The lowest BCUT2D eigenvalue weighted by Gasteiger charge is -2.38. The zero-order chi connectivity index (χ0) is 11.7. The Bertz CT molecular complexity index is 356. The molecule has 1 heterocycles. The van der Waals surface area contributed by atoms with Gasteiger partial charge in [-0.15, -0.1) is 0 Å². The summed E-state index contributed by atoms with van der Waals surface area (Å²) >= 11 is 0. The smallest absolute Gasteiger partial charge is 0.0366 e. The Kier molecular flexibility index (Phi) is 3.06. The molecule has 1 aliphatic heterocycles. The van der Waals surface area contributed by atoms with Crippen molar-refractivity contribution >= 4 is 5.69 Å². The van der Waals surface area contributed by atoms with Crippen molar-refractivity contribution in [1.82, 2.24) is 5.32 Å². The summed E-state index contributed by atoms with van der Waals surface area (Å²) in [6.45, 7) is 4.74. The molecular weight excluding hydrogens is 208 g/mol. The molecule has 3 rings (SSSR count). The molecule has 1 aliphatic carbocycles. The monoisotopic (exact) mass is 230 g/mol. The lowest BCUT2D eigenvalue weighted by molar-refractivity contribution is 0.349. The van der Waals surface area contributed by atoms with Crippen LogP contribution in [0, 0.1) is 5.92 Å².